The predicted molar refractivity (Wildman–Crippen MR) is 88.9 cm³/mol. The molecule has 1 atom stereocenters. The smallest absolute Gasteiger partial charge is 0.156 e. The number of methoxy groups -OCH3 is 1. The molecule has 1 unspecified atom stereocenters. The Bertz CT molecular complexity index is 615. The minimum Gasteiger partial charge on any atom is -0.493 e. The molecule has 2 rings (SSSR count). The van der Waals surface area contributed by atoms with Crippen molar-refractivity contribution in [3.05, 3.63) is 57.0 Å². The Morgan fingerprint density at radius 1 is 1.25 bits per heavy atom. The lowest BCUT2D eigenvalue weighted by atomic mass is 10.0. The Hall–Kier alpha value is -1.19. The van der Waals surface area contributed by atoms with Crippen LogP contribution in [0.2, 0.25) is 5.02 Å². The molecular weight excluding hydrogens is 338 g/mol. The average Bonchev–Trinajstić information content (AvgIpc) is 2.38. The van der Waals surface area contributed by atoms with Gasteiger partial charge in [-0.25, -0.2) is 0 Å². The van der Waals surface area contributed by atoms with Gasteiger partial charge < -0.3 is 10.1 Å². The highest BCUT2D eigenvalue weighted by atomic mass is 79.9. The summed E-state index contributed by atoms with van der Waals surface area (Å²) in [6.07, 6.45) is 0. The summed E-state index contributed by atoms with van der Waals surface area (Å²) in [5.74, 6) is 0.759. The zero-order chi connectivity index (χ0) is 14.7. The van der Waals surface area contributed by atoms with E-state index in [0.717, 1.165) is 15.9 Å². The fourth-order valence-electron chi connectivity index (χ4n) is 2.26. The van der Waals surface area contributed by atoms with Crippen LogP contribution in [0.1, 0.15) is 24.1 Å². The van der Waals surface area contributed by atoms with Crippen molar-refractivity contribution >= 4 is 33.2 Å². The van der Waals surface area contributed by atoms with Crippen LogP contribution in [0.5, 0.6) is 5.75 Å². The van der Waals surface area contributed by atoms with E-state index >= 15 is 0 Å². The van der Waals surface area contributed by atoms with Crippen LogP contribution in [-0.4, -0.2) is 7.11 Å². The third kappa shape index (κ3) is 3.28. The minimum atomic E-state index is 0.162. The Balaban J connectivity index is 2.33. The highest BCUT2D eigenvalue weighted by Crippen LogP contribution is 2.38. The monoisotopic (exact) mass is 353 g/mol. The van der Waals surface area contributed by atoms with Crippen molar-refractivity contribution in [3.63, 3.8) is 0 Å². The molecule has 0 amide bonds. The normalized spacial score (nSPS) is 12.1. The lowest BCUT2D eigenvalue weighted by Crippen LogP contribution is -2.09. The van der Waals surface area contributed by atoms with Gasteiger partial charge in [0, 0.05) is 11.1 Å². The van der Waals surface area contributed by atoms with E-state index in [1.54, 1.807) is 7.11 Å². The molecule has 20 heavy (non-hydrogen) atoms. The Morgan fingerprint density at radius 3 is 2.60 bits per heavy atom. The van der Waals surface area contributed by atoms with Gasteiger partial charge in [-0.3, -0.25) is 0 Å². The van der Waals surface area contributed by atoms with Crippen LogP contribution in [0.3, 0.4) is 0 Å². The number of ether oxygens (including phenoxy) is 1. The summed E-state index contributed by atoms with van der Waals surface area (Å²) in [6.45, 7) is 4.23. The predicted octanol–water partition coefficient (Wildman–Crippen LogP) is 5.59. The van der Waals surface area contributed by atoms with E-state index < -0.39 is 0 Å². The highest BCUT2D eigenvalue weighted by molar-refractivity contribution is 9.10. The maximum absolute atomic E-state index is 6.11. The van der Waals surface area contributed by atoms with E-state index in [0.29, 0.717) is 5.02 Å². The number of anilines is 1. The van der Waals surface area contributed by atoms with Gasteiger partial charge >= 0.3 is 0 Å². The number of benzene rings is 2. The lowest BCUT2D eigenvalue weighted by Gasteiger charge is -2.20. The summed E-state index contributed by atoms with van der Waals surface area (Å²) in [6, 6.07) is 12.2. The molecule has 0 aromatic heterocycles. The lowest BCUT2D eigenvalue weighted by molar-refractivity contribution is 0.413. The molecule has 0 saturated carbocycles. The van der Waals surface area contributed by atoms with Crippen LogP contribution < -0.4 is 10.1 Å². The van der Waals surface area contributed by atoms with Gasteiger partial charge in [-0.2, -0.15) is 0 Å². The molecule has 0 saturated heterocycles. The third-order valence-electron chi connectivity index (χ3n) is 3.24. The minimum absolute atomic E-state index is 0.162. The zero-order valence-corrected chi connectivity index (χ0v) is 14.0. The first-order valence-electron chi connectivity index (χ1n) is 6.38. The highest BCUT2D eigenvalue weighted by Gasteiger charge is 2.13. The van der Waals surface area contributed by atoms with Gasteiger partial charge in [-0.1, -0.05) is 35.9 Å². The van der Waals surface area contributed by atoms with E-state index in [2.05, 4.69) is 47.2 Å². The zero-order valence-electron chi connectivity index (χ0n) is 11.7. The van der Waals surface area contributed by atoms with Crippen molar-refractivity contribution in [2.75, 3.05) is 12.4 Å². The molecule has 2 aromatic rings. The Labute approximate surface area is 133 Å². The molecule has 2 aromatic carbocycles. The molecule has 106 valence electrons. The Kier molecular flexibility index (Phi) is 4.95. The number of hydrogen-bond donors (Lipinski definition) is 1. The van der Waals surface area contributed by atoms with E-state index in [1.807, 2.05) is 24.3 Å². The van der Waals surface area contributed by atoms with Gasteiger partial charge in [0.15, 0.2) is 5.75 Å². The van der Waals surface area contributed by atoms with Crippen molar-refractivity contribution < 1.29 is 4.74 Å². The summed E-state index contributed by atoms with van der Waals surface area (Å²) in [5.41, 5.74) is 3.39. The second-order valence-corrected chi connectivity index (χ2v) is 5.98. The number of halogens is 2. The molecule has 0 radical (unpaired) electrons. The van der Waals surface area contributed by atoms with Crippen molar-refractivity contribution in [1.82, 2.24) is 0 Å². The van der Waals surface area contributed by atoms with Crippen molar-refractivity contribution in [2.45, 2.75) is 19.9 Å². The first-order valence-corrected chi connectivity index (χ1v) is 7.55. The third-order valence-corrected chi connectivity index (χ3v) is 4.05. The molecule has 0 fully saturated rings. The molecular formula is C16H17BrClNO. The maximum Gasteiger partial charge on any atom is 0.156 e. The molecule has 4 heteroatoms. The molecule has 0 aliphatic heterocycles. The van der Waals surface area contributed by atoms with Crippen LogP contribution in [0.25, 0.3) is 0 Å². The molecule has 0 bridgehead atoms. The summed E-state index contributed by atoms with van der Waals surface area (Å²) < 4.78 is 6.27. The fraction of sp³-hybridized carbons (Fsp3) is 0.250. The van der Waals surface area contributed by atoms with Gasteiger partial charge in [0.2, 0.25) is 0 Å². The largest absolute Gasteiger partial charge is 0.493 e. The maximum atomic E-state index is 6.11. The fourth-order valence-corrected chi connectivity index (χ4v) is 3.23. The number of aryl methyl sites for hydroxylation is 1. The van der Waals surface area contributed by atoms with Crippen LogP contribution in [0.15, 0.2) is 40.9 Å². The summed E-state index contributed by atoms with van der Waals surface area (Å²) in [7, 11) is 1.65. The number of nitrogens with one attached hydrogen (secondary N) is 1. The number of rotatable bonds is 4. The molecule has 0 aliphatic carbocycles. The molecule has 0 heterocycles. The van der Waals surface area contributed by atoms with E-state index in [9.17, 15) is 0 Å². The molecule has 0 spiro atoms. The van der Waals surface area contributed by atoms with Gasteiger partial charge in [0.05, 0.1) is 17.3 Å². The molecule has 2 nitrogen and oxygen atoms in total. The van der Waals surface area contributed by atoms with Crippen LogP contribution >= 0.6 is 27.5 Å². The van der Waals surface area contributed by atoms with Crippen LogP contribution in [0.4, 0.5) is 5.69 Å². The quantitative estimate of drug-likeness (QED) is 0.772. The number of hydrogen-bond acceptors (Lipinski definition) is 2. The second kappa shape index (κ2) is 6.51. The standard InChI is InChI=1S/C16H17BrClNO/c1-10-6-4-5-7-13(10)11(2)19-15-9-12(18)8-14(17)16(15)20-3/h4-9,11,19H,1-3H3. The molecule has 0 aliphatic rings. The van der Waals surface area contributed by atoms with E-state index in [1.165, 1.54) is 11.1 Å². The summed E-state index contributed by atoms with van der Waals surface area (Å²) in [5, 5.41) is 4.12. The topological polar surface area (TPSA) is 21.3 Å². The van der Waals surface area contributed by atoms with E-state index in [4.69, 9.17) is 16.3 Å². The summed E-state index contributed by atoms with van der Waals surface area (Å²) >= 11 is 9.58. The second-order valence-electron chi connectivity index (χ2n) is 4.69. The summed E-state index contributed by atoms with van der Waals surface area (Å²) in [4.78, 5) is 0. The van der Waals surface area contributed by atoms with Crippen LogP contribution in [0, 0.1) is 6.92 Å². The average molecular weight is 355 g/mol. The first-order chi connectivity index (χ1) is 9.52. The van der Waals surface area contributed by atoms with E-state index in [-0.39, 0.29) is 6.04 Å². The molecule has 1 N–H and O–H groups in total. The van der Waals surface area contributed by atoms with Crippen molar-refractivity contribution in [2.24, 2.45) is 0 Å². The SMILES string of the molecule is COc1c(Br)cc(Cl)cc1NC(C)c1ccccc1C. The van der Waals surface area contributed by atoms with Gasteiger partial charge in [0.1, 0.15) is 0 Å². The van der Waals surface area contributed by atoms with Gasteiger partial charge in [0.25, 0.3) is 0 Å². The van der Waals surface area contributed by atoms with Gasteiger partial charge in [-0.05, 0) is 53.0 Å². The van der Waals surface area contributed by atoms with Crippen molar-refractivity contribution in [3.8, 4) is 5.75 Å². The Morgan fingerprint density at radius 2 is 1.95 bits per heavy atom. The van der Waals surface area contributed by atoms with Crippen LogP contribution in [-0.2, 0) is 0 Å². The van der Waals surface area contributed by atoms with Crippen molar-refractivity contribution in [1.29, 1.82) is 0 Å². The first kappa shape index (κ1) is 15.2. The van der Waals surface area contributed by atoms with Gasteiger partial charge in [-0.15, -0.1) is 0 Å².